The van der Waals surface area contributed by atoms with Gasteiger partial charge in [-0.25, -0.2) is 4.39 Å². The first-order valence-electron chi connectivity index (χ1n) is 6.69. The lowest BCUT2D eigenvalue weighted by Gasteiger charge is -2.29. The average Bonchev–Trinajstić information content (AvgIpc) is 2.77. The third kappa shape index (κ3) is 2.57. The van der Waals surface area contributed by atoms with Gasteiger partial charge in [-0.05, 0) is 31.0 Å². The van der Waals surface area contributed by atoms with Crippen LogP contribution in [0, 0.1) is 11.2 Å². The zero-order chi connectivity index (χ0) is 14.0. The summed E-state index contributed by atoms with van der Waals surface area (Å²) in [6, 6.07) is 4.45. The van der Waals surface area contributed by atoms with Crippen LogP contribution in [0.1, 0.15) is 38.7 Å². The molecule has 0 aromatic heterocycles. The molecule has 3 nitrogen and oxygen atoms in total. The summed E-state index contributed by atoms with van der Waals surface area (Å²) < 4.78 is 18.9. The zero-order valence-electron chi connectivity index (χ0n) is 11.3. The van der Waals surface area contributed by atoms with E-state index in [-0.39, 0.29) is 11.9 Å². The van der Waals surface area contributed by atoms with Crippen LogP contribution in [-0.4, -0.2) is 17.2 Å². The highest BCUT2D eigenvalue weighted by atomic mass is 19.1. The lowest BCUT2D eigenvalue weighted by atomic mass is 9.77. The van der Waals surface area contributed by atoms with Crippen LogP contribution in [0.15, 0.2) is 18.2 Å². The molecule has 0 saturated carbocycles. The molecule has 1 N–H and O–H groups in total. The number of halogens is 1. The van der Waals surface area contributed by atoms with Crippen LogP contribution in [-0.2, 0) is 11.2 Å². The van der Waals surface area contributed by atoms with E-state index < -0.39 is 11.4 Å². The number of hydrogen-bond donors (Lipinski definition) is 1. The number of fused-ring (bicyclic) bond motifs is 1. The molecule has 19 heavy (non-hydrogen) atoms. The van der Waals surface area contributed by atoms with Gasteiger partial charge in [0.25, 0.3) is 0 Å². The molecule has 0 radical (unpaired) electrons. The Labute approximate surface area is 112 Å². The Morgan fingerprint density at radius 3 is 2.74 bits per heavy atom. The van der Waals surface area contributed by atoms with E-state index in [0.29, 0.717) is 31.4 Å². The monoisotopic (exact) mass is 266 g/mol. The molecule has 4 heteroatoms. The molecule has 1 aromatic rings. The molecule has 0 aliphatic carbocycles. The van der Waals surface area contributed by atoms with E-state index in [1.807, 2.05) is 13.8 Å². The molecule has 1 heterocycles. The van der Waals surface area contributed by atoms with Crippen LogP contribution in [0.3, 0.4) is 0 Å². The number of aliphatic carboxylic acids is 1. The quantitative estimate of drug-likeness (QED) is 0.888. The van der Waals surface area contributed by atoms with Crippen molar-refractivity contribution in [3.05, 3.63) is 29.6 Å². The van der Waals surface area contributed by atoms with Gasteiger partial charge in [-0.15, -0.1) is 0 Å². The summed E-state index contributed by atoms with van der Waals surface area (Å²) in [7, 11) is 0. The Morgan fingerprint density at radius 2 is 2.16 bits per heavy atom. The van der Waals surface area contributed by atoms with Crippen molar-refractivity contribution < 1.29 is 19.0 Å². The fourth-order valence-corrected chi connectivity index (χ4v) is 2.77. The molecule has 0 amide bonds. The van der Waals surface area contributed by atoms with Gasteiger partial charge in [-0.3, -0.25) is 4.79 Å². The Balaban J connectivity index is 2.13. The summed E-state index contributed by atoms with van der Waals surface area (Å²) in [4.78, 5) is 11.5. The average molecular weight is 266 g/mol. The lowest BCUT2D eigenvalue weighted by molar-refractivity contribution is -0.151. The van der Waals surface area contributed by atoms with E-state index in [1.54, 1.807) is 6.07 Å². The first-order valence-corrected chi connectivity index (χ1v) is 6.69. The first-order chi connectivity index (χ1) is 9.00. The van der Waals surface area contributed by atoms with Crippen molar-refractivity contribution in [2.24, 2.45) is 5.41 Å². The van der Waals surface area contributed by atoms with Gasteiger partial charge in [0.15, 0.2) is 0 Å². The molecular weight excluding hydrogens is 247 g/mol. The van der Waals surface area contributed by atoms with E-state index in [9.17, 15) is 14.3 Å². The van der Waals surface area contributed by atoms with Crippen LogP contribution in [0.5, 0.6) is 5.75 Å². The van der Waals surface area contributed by atoms with Gasteiger partial charge in [0.05, 0.1) is 5.41 Å². The minimum absolute atomic E-state index is 0.173. The Bertz CT molecular complexity index is 480. The summed E-state index contributed by atoms with van der Waals surface area (Å²) in [5.41, 5.74) is 0.0853. The van der Waals surface area contributed by atoms with Gasteiger partial charge >= 0.3 is 5.97 Å². The molecule has 0 spiro atoms. The fourth-order valence-electron chi connectivity index (χ4n) is 2.77. The van der Waals surface area contributed by atoms with E-state index >= 15 is 0 Å². The van der Waals surface area contributed by atoms with Crippen molar-refractivity contribution >= 4 is 5.97 Å². The van der Waals surface area contributed by atoms with E-state index in [0.717, 1.165) is 5.56 Å². The predicted molar refractivity (Wildman–Crippen MR) is 69.8 cm³/mol. The Kier molecular flexibility index (Phi) is 3.78. The van der Waals surface area contributed by atoms with Crippen LogP contribution in [0.25, 0.3) is 0 Å². The minimum atomic E-state index is -0.775. The topological polar surface area (TPSA) is 46.5 Å². The Hall–Kier alpha value is -1.58. The number of carboxylic acid groups (broad SMARTS) is 1. The molecule has 0 fully saturated rings. The summed E-state index contributed by atoms with van der Waals surface area (Å²) in [5, 5.41) is 9.43. The molecule has 1 unspecified atom stereocenters. The van der Waals surface area contributed by atoms with Crippen LogP contribution in [0.4, 0.5) is 4.39 Å². The van der Waals surface area contributed by atoms with Gasteiger partial charge < -0.3 is 9.84 Å². The third-order valence-electron chi connectivity index (χ3n) is 4.19. The fraction of sp³-hybridized carbons (Fsp3) is 0.533. The highest BCUT2D eigenvalue weighted by Gasteiger charge is 2.39. The molecule has 104 valence electrons. The standard InChI is InChI=1S/C15H19FO3/c1-3-15(4-2,14(17)18)9-12-8-10-7-11(16)5-6-13(10)19-12/h5-7,12H,3-4,8-9H2,1-2H3,(H,17,18). The van der Waals surface area contributed by atoms with Crippen molar-refractivity contribution in [3.63, 3.8) is 0 Å². The maximum Gasteiger partial charge on any atom is 0.309 e. The number of benzene rings is 1. The number of carboxylic acids is 1. The smallest absolute Gasteiger partial charge is 0.309 e. The van der Waals surface area contributed by atoms with Gasteiger partial charge in [-0.1, -0.05) is 13.8 Å². The van der Waals surface area contributed by atoms with Gasteiger partial charge in [0, 0.05) is 18.4 Å². The third-order valence-corrected chi connectivity index (χ3v) is 4.19. The molecule has 1 aromatic carbocycles. The summed E-state index contributed by atoms with van der Waals surface area (Å²) >= 11 is 0. The maximum absolute atomic E-state index is 13.1. The van der Waals surface area contributed by atoms with E-state index in [1.165, 1.54) is 12.1 Å². The van der Waals surface area contributed by atoms with Crippen LogP contribution in [0.2, 0.25) is 0 Å². The summed E-state index contributed by atoms with van der Waals surface area (Å²) in [6.45, 7) is 3.78. The van der Waals surface area contributed by atoms with Crippen LogP contribution >= 0.6 is 0 Å². The van der Waals surface area contributed by atoms with Crippen molar-refractivity contribution in [3.8, 4) is 5.75 Å². The van der Waals surface area contributed by atoms with Gasteiger partial charge in [-0.2, -0.15) is 0 Å². The second kappa shape index (κ2) is 5.19. The summed E-state index contributed by atoms with van der Waals surface area (Å²) in [6.07, 6.45) is 2.02. The highest BCUT2D eigenvalue weighted by molar-refractivity contribution is 5.74. The van der Waals surface area contributed by atoms with Crippen molar-refractivity contribution in [1.82, 2.24) is 0 Å². The van der Waals surface area contributed by atoms with Gasteiger partial charge in [0.1, 0.15) is 17.7 Å². The molecule has 1 aliphatic rings. The van der Waals surface area contributed by atoms with Crippen molar-refractivity contribution in [1.29, 1.82) is 0 Å². The molecular formula is C15H19FO3. The second-order valence-corrected chi connectivity index (χ2v) is 5.19. The van der Waals surface area contributed by atoms with E-state index in [4.69, 9.17) is 4.74 Å². The molecule has 0 bridgehead atoms. The largest absolute Gasteiger partial charge is 0.490 e. The predicted octanol–water partition coefficient (Wildman–Crippen LogP) is 3.41. The molecule has 1 atom stereocenters. The van der Waals surface area contributed by atoms with Gasteiger partial charge in [0.2, 0.25) is 0 Å². The Morgan fingerprint density at radius 1 is 1.47 bits per heavy atom. The normalized spacial score (nSPS) is 17.9. The highest BCUT2D eigenvalue weighted by Crippen LogP contribution is 2.38. The number of rotatable bonds is 5. The molecule has 0 saturated heterocycles. The lowest BCUT2D eigenvalue weighted by Crippen LogP contribution is -2.35. The zero-order valence-corrected chi connectivity index (χ0v) is 11.3. The van der Waals surface area contributed by atoms with Crippen LogP contribution < -0.4 is 4.74 Å². The minimum Gasteiger partial charge on any atom is -0.490 e. The van der Waals surface area contributed by atoms with Crippen molar-refractivity contribution in [2.45, 2.75) is 45.6 Å². The maximum atomic E-state index is 13.1. The summed E-state index contributed by atoms with van der Waals surface area (Å²) in [5.74, 6) is -0.375. The second-order valence-electron chi connectivity index (χ2n) is 5.19. The number of ether oxygens (including phenoxy) is 1. The molecule has 2 rings (SSSR count). The number of carbonyl (C=O) groups is 1. The van der Waals surface area contributed by atoms with Crippen molar-refractivity contribution in [2.75, 3.05) is 0 Å². The molecule has 1 aliphatic heterocycles. The first kappa shape index (κ1) is 13.8. The number of hydrogen-bond acceptors (Lipinski definition) is 2. The SMILES string of the molecule is CCC(CC)(CC1Cc2cc(F)ccc2O1)C(=O)O. The van der Waals surface area contributed by atoms with E-state index in [2.05, 4.69) is 0 Å².